The predicted octanol–water partition coefficient (Wildman–Crippen LogP) is 4.14. The molecular formula is C25H21F2N3O4. The molecule has 7 nitrogen and oxygen atoms in total. The molecule has 3 aliphatic rings. The topological polar surface area (TPSA) is 88.2 Å². The van der Waals surface area contributed by atoms with Crippen molar-refractivity contribution in [1.82, 2.24) is 4.98 Å². The van der Waals surface area contributed by atoms with Crippen molar-refractivity contribution in [2.45, 2.75) is 12.5 Å². The Bertz CT molecular complexity index is 1340. The quantitative estimate of drug-likeness (QED) is 0.623. The van der Waals surface area contributed by atoms with E-state index in [1.807, 2.05) is 6.07 Å². The van der Waals surface area contributed by atoms with Gasteiger partial charge in [0.2, 0.25) is 5.88 Å². The zero-order chi connectivity index (χ0) is 23.5. The second-order valence-electron chi connectivity index (χ2n) is 9.15. The van der Waals surface area contributed by atoms with Crippen molar-refractivity contribution in [2.75, 3.05) is 26.4 Å². The number of hydrogen-bond donors (Lipinski definition) is 1. The average Bonchev–Trinajstić information content (AvgIpc) is 3.20. The highest BCUT2D eigenvalue weighted by molar-refractivity contribution is 5.77. The third kappa shape index (κ3) is 3.27. The molecule has 174 valence electrons. The molecule has 4 heterocycles. The number of ether oxygens (including phenoxy) is 4. The van der Waals surface area contributed by atoms with Gasteiger partial charge in [0.15, 0.2) is 5.54 Å². The average molecular weight is 465 g/mol. The van der Waals surface area contributed by atoms with Crippen LogP contribution in [0.3, 0.4) is 0 Å². The first-order valence-electron chi connectivity index (χ1n) is 10.8. The van der Waals surface area contributed by atoms with Gasteiger partial charge in [-0.3, -0.25) is 0 Å². The highest BCUT2D eigenvalue weighted by Crippen LogP contribution is 2.51. The molecule has 0 bridgehead atoms. The molecular weight excluding hydrogens is 444 g/mol. The van der Waals surface area contributed by atoms with Gasteiger partial charge in [-0.2, -0.15) is 0 Å². The van der Waals surface area contributed by atoms with Gasteiger partial charge in [0.05, 0.1) is 31.6 Å². The van der Waals surface area contributed by atoms with E-state index in [1.54, 1.807) is 24.4 Å². The molecule has 2 N–H and O–H groups in total. The van der Waals surface area contributed by atoms with Gasteiger partial charge < -0.3 is 24.7 Å². The smallest absolute Gasteiger partial charge is 0.283 e. The Morgan fingerprint density at radius 3 is 2.65 bits per heavy atom. The fraction of sp³-hybridized carbons (Fsp3) is 0.280. The standard InChI is InChI=1S/C25H21F2N3O4/c1-24(10-31-11-24)12-32-16-8-19-22(29-9-16)34-21-5-2-14(17-7-15(26)3-4-20(17)27)6-18(21)25(19)13-33-23(28)30-25/h2-9H,10-13H2,1H3,(H2,28,30)/t25-/m0/s1. The lowest BCUT2D eigenvalue weighted by atomic mass is 9.81. The monoisotopic (exact) mass is 465 g/mol. The van der Waals surface area contributed by atoms with Gasteiger partial charge in [-0.05, 0) is 42.0 Å². The third-order valence-corrected chi connectivity index (χ3v) is 6.36. The van der Waals surface area contributed by atoms with Crippen LogP contribution in [0.1, 0.15) is 18.1 Å². The molecule has 1 spiro atoms. The number of fused-ring (bicyclic) bond motifs is 4. The molecule has 1 atom stereocenters. The fourth-order valence-electron chi connectivity index (χ4n) is 4.47. The van der Waals surface area contributed by atoms with Crippen molar-refractivity contribution in [2.24, 2.45) is 16.1 Å². The summed E-state index contributed by atoms with van der Waals surface area (Å²) in [5, 5.41) is 0. The van der Waals surface area contributed by atoms with Gasteiger partial charge in [0.25, 0.3) is 6.02 Å². The van der Waals surface area contributed by atoms with E-state index in [0.29, 0.717) is 53.9 Å². The number of rotatable bonds is 4. The van der Waals surface area contributed by atoms with E-state index in [0.717, 1.165) is 18.2 Å². The largest absolute Gasteiger partial charge is 0.491 e. The van der Waals surface area contributed by atoms with Crippen molar-refractivity contribution in [3.8, 4) is 28.5 Å². The molecule has 1 aromatic heterocycles. The first-order valence-corrected chi connectivity index (χ1v) is 10.8. The maximum Gasteiger partial charge on any atom is 0.283 e. The van der Waals surface area contributed by atoms with Crippen LogP contribution in [0, 0.1) is 17.0 Å². The van der Waals surface area contributed by atoms with Gasteiger partial charge in [-0.25, -0.2) is 18.8 Å². The van der Waals surface area contributed by atoms with E-state index in [4.69, 9.17) is 24.7 Å². The SMILES string of the molecule is CC1(COc2cnc3c(c2)[C@]2(COC(N)=N2)c2cc(-c4cc(F)ccc4F)ccc2O3)COC1. The van der Waals surface area contributed by atoms with Gasteiger partial charge >= 0.3 is 0 Å². The van der Waals surface area contributed by atoms with Crippen molar-refractivity contribution in [3.63, 3.8) is 0 Å². The van der Waals surface area contributed by atoms with E-state index < -0.39 is 17.2 Å². The molecule has 0 amide bonds. The van der Waals surface area contributed by atoms with Crippen LogP contribution in [0.4, 0.5) is 8.78 Å². The first kappa shape index (κ1) is 20.9. The minimum absolute atomic E-state index is 0.0200. The lowest BCUT2D eigenvalue weighted by molar-refractivity contribution is -0.120. The van der Waals surface area contributed by atoms with Crippen LogP contribution in [0.5, 0.6) is 17.4 Å². The molecule has 3 aromatic rings. The van der Waals surface area contributed by atoms with Crippen LogP contribution in [-0.2, 0) is 15.0 Å². The van der Waals surface area contributed by atoms with Gasteiger partial charge in [-0.1, -0.05) is 13.0 Å². The molecule has 1 saturated heterocycles. The van der Waals surface area contributed by atoms with Crippen molar-refractivity contribution in [3.05, 3.63) is 71.4 Å². The first-order chi connectivity index (χ1) is 16.4. The Balaban J connectivity index is 1.45. The third-order valence-electron chi connectivity index (χ3n) is 6.36. The zero-order valence-electron chi connectivity index (χ0n) is 18.3. The Hall–Kier alpha value is -3.72. The van der Waals surface area contributed by atoms with E-state index in [1.165, 1.54) is 0 Å². The molecule has 9 heteroatoms. The summed E-state index contributed by atoms with van der Waals surface area (Å²) < 4.78 is 51.3. The molecule has 0 saturated carbocycles. The minimum Gasteiger partial charge on any atom is -0.491 e. The number of aliphatic imine (C=N–C) groups is 1. The van der Waals surface area contributed by atoms with Crippen LogP contribution in [0.25, 0.3) is 11.1 Å². The number of benzene rings is 2. The Morgan fingerprint density at radius 1 is 1.06 bits per heavy atom. The molecule has 6 rings (SSSR count). The van der Waals surface area contributed by atoms with Crippen LogP contribution >= 0.6 is 0 Å². The van der Waals surface area contributed by atoms with Crippen LogP contribution in [-0.4, -0.2) is 37.4 Å². The van der Waals surface area contributed by atoms with E-state index in [2.05, 4.69) is 16.9 Å². The Morgan fingerprint density at radius 2 is 1.91 bits per heavy atom. The summed E-state index contributed by atoms with van der Waals surface area (Å²) in [6.07, 6.45) is 1.60. The number of pyridine rings is 1. The Labute approximate surface area is 194 Å². The van der Waals surface area contributed by atoms with E-state index >= 15 is 0 Å². The van der Waals surface area contributed by atoms with E-state index in [-0.39, 0.29) is 23.6 Å². The molecule has 0 unspecified atom stereocenters. The summed E-state index contributed by atoms with van der Waals surface area (Å²) in [6, 6.07) is 10.2. The summed E-state index contributed by atoms with van der Waals surface area (Å²) in [6.45, 7) is 3.95. The molecule has 2 aromatic carbocycles. The number of nitrogens with two attached hydrogens (primary N) is 1. The van der Waals surface area contributed by atoms with Crippen molar-refractivity contribution < 1.29 is 27.7 Å². The molecule has 0 radical (unpaired) electrons. The summed E-state index contributed by atoms with van der Waals surface area (Å²) in [5.74, 6) is 0.309. The second-order valence-corrected chi connectivity index (χ2v) is 9.15. The second kappa shape index (κ2) is 7.39. The number of halogens is 2. The summed E-state index contributed by atoms with van der Waals surface area (Å²) in [5.41, 5.74) is 6.66. The van der Waals surface area contributed by atoms with Crippen molar-refractivity contribution >= 4 is 6.02 Å². The lowest BCUT2D eigenvalue weighted by Crippen LogP contribution is -2.44. The fourth-order valence-corrected chi connectivity index (χ4v) is 4.47. The number of amidine groups is 1. The zero-order valence-corrected chi connectivity index (χ0v) is 18.3. The number of hydrogen-bond acceptors (Lipinski definition) is 7. The minimum atomic E-state index is -1.07. The van der Waals surface area contributed by atoms with E-state index in [9.17, 15) is 8.78 Å². The maximum absolute atomic E-state index is 14.5. The summed E-state index contributed by atoms with van der Waals surface area (Å²) in [4.78, 5) is 9.08. The van der Waals surface area contributed by atoms with Gasteiger partial charge in [0.1, 0.15) is 29.7 Å². The normalized spacial score (nSPS) is 21.6. The highest BCUT2D eigenvalue weighted by atomic mass is 19.1. The molecule has 3 aliphatic heterocycles. The number of nitrogens with zero attached hydrogens (tertiary/aromatic N) is 2. The highest BCUT2D eigenvalue weighted by Gasteiger charge is 2.48. The predicted molar refractivity (Wildman–Crippen MR) is 119 cm³/mol. The summed E-state index contributed by atoms with van der Waals surface area (Å²) >= 11 is 0. The number of aromatic nitrogens is 1. The Kier molecular flexibility index (Phi) is 4.54. The van der Waals surface area contributed by atoms with Gasteiger partial charge in [-0.15, -0.1) is 0 Å². The van der Waals surface area contributed by atoms with Crippen LogP contribution < -0.4 is 15.2 Å². The summed E-state index contributed by atoms with van der Waals surface area (Å²) in [7, 11) is 0. The van der Waals surface area contributed by atoms with Gasteiger partial charge in [0, 0.05) is 16.5 Å². The lowest BCUT2D eigenvalue weighted by Gasteiger charge is -2.37. The molecule has 34 heavy (non-hydrogen) atoms. The maximum atomic E-state index is 14.5. The molecule has 0 aliphatic carbocycles. The molecule has 1 fully saturated rings. The van der Waals surface area contributed by atoms with Crippen LogP contribution in [0.2, 0.25) is 0 Å². The van der Waals surface area contributed by atoms with Crippen LogP contribution in [0.15, 0.2) is 53.7 Å². The van der Waals surface area contributed by atoms with Crippen molar-refractivity contribution in [1.29, 1.82) is 0 Å².